The Morgan fingerprint density at radius 1 is 1.14 bits per heavy atom. The fraction of sp³-hybridized carbons (Fsp3) is 0.278. The van der Waals surface area contributed by atoms with E-state index in [-0.39, 0.29) is 5.78 Å². The van der Waals surface area contributed by atoms with Crippen LogP contribution in [0.25, 0.3) is 0 Å². The lowest BCUT2D eigenvalue weighted by Gasteiger charge is -2.09. The number of hydrogen-bond acceptors (Lipinski definition) is 2. The summed E-state index contributed by atoms with van der Waals surface area (Å²) >= 11 is 3.45. The number of benzene rings is 2. The summed E-state index contributed by atoms with van der Waals surface area (Å²) in [5, 5.41) is 0. The van der Waals surface area contributed by atoms with Crippen molar-refractivity contribution in [2.75, 3.05) is 6.61 Å². The monoisotopic (exact) mass is 346 g/mol. The van der Waals surface area contributed by atoms with Crippen molar-refractivity contribution >= 4 is 21.7 Å². The highest BCUT2D eigenvalue weighted by molar-refractivity contribution is 9.10. The molecule has 0 bridgehead atoms. The van der Waals surface area contributed by atoms with E-state index in [1.807, 2.05) is 39.0 Å². The van der Waals surface area contributed by atoms with E-state index in [1.54, 1.807) is 0 Å². The lowest BCUT2D eigenvalue weighted by Crippen LogP contribution is -2.05. The highest BCUT2D eigenvalue weighted by atomic mass is 79.9. The number of Topliss-reactive ketones (excluding diaryl/α,β-unsaturated/α-hetero) is 1. The van der Waals surface area contributed by atoms with Crippen LogP contribution in [0.2, 0.25) is 0 Å². The van der Waals surface area contributed by atoms with Gasteiger partial charge in [0.15, 0.2) is 5.78 Å². The molecule has 2 nitrogen and oxygen atoms in total. The van der Waals surface area contributed by atoms with Crippen LogP contribution < -0.4 is 4.74 Å². The summed E-state index contributed by atoms with van der Waals surface area (Å²) in [6.07, 6.45) is 0.425. The molecule has 0 aliphatic carbocycles. The fourth-order valence-electron chi connectivity index (χ4n) is 2.21. The normalized spacial score (nSPS) is 10.5. The predicted octanol–water partition coefficient (Wildman–Crippen LogP) is 4.89. The molecule has 0 heterocycles. The van der Waals surface area contributed by atoms with Crippen molar-refractivity contribution in [3.8, 4) is 5.75 Å². The quantitative estimate of drug-likeness (QED) is 0.720. The summed E-state index contributed by atoms with van der Waals surface area (Å²) in [5.74, 6) is 0.883. The lowest BCUT2D eigenvalue weighted by molar-refractivity contribution is 0.0992. The molecule has 0 saturated carbocycles. The van der Waals surface area contributed by atoms with E-state index in [0.717, 1.165) is 21.3 Å². The number of aryl methyl sites for hydroxylation is 2. The van der Waals surface area contributed by atoms with Crippen LogP contribution in [0.4, 0.5) is 0 Å². The van der Waals surface area contributed by atoms with Gasteiger partial charge in [-0.3, -0.25) is 4.79 Å². The average Bonchev–Trinajstić information content (AvgIpc) is 2.45. The number of rotatable bonds is 5. The second kappa shape index (κ2) is 6.90. The molecule has 0 aliphatic rings. The first kappa shape index (κ1) is 15.8. The van der Waals surface area contributed by atoms with Crippen LogP contribution >= 0.6 is 15.9 Å². The number of hydrogen-bond donors (Lipinski definition) is 0. The third-order valence-electron chi connectivity index (χ3n) is 3.41. The number of carbonyl (C=O) groups excluding carboxylic acids is 1. The van der Waals surface area contributed by atoms with Crippen molar-refractivity contribution in [3.63, 3.8) is 0 Å². The van der Waals surface area contributed by atoms with E-state index in [9.17, 15) is 4.79 Å². The molecule has 0 amide bonds. The topological polar surface area (TPSA) is 26.3 Å². The first-order chi connectivity index (χ1) is 10.0. The second-order valence-electron chi connectivity index (χ2n) is 5.11. The maximum Gasteiger partial charge on any atom is 0.167 e. The van der Waals surface area contributed by atoms with Crippen molar-refractivity contribution in [3.05, 3.63) is 63.1 Å². The van der Waals surface area contributed by atoms with E-state index in [4.69, 9.17) is 4.74 Å². The summed E-state index contributed by atoms with van der Waals surface area (Å²) in [6.45, 7) is 6.62. The third-order valence-corrected chi connectivity index (χ3v) is 4.03. The third kappa shape index (κ3) is 3.94. The molecule has 0 aromatic heterocycles. The maximum absolute atomic E-state index is 12.4. The molecule has 0 N–H and O–H groups in total. The molecule has 0 unspecified atom stereocenters. The zero-order valence-corrected chi connectivity index (χ0v) is 14.2. The molecular formula is C18H19BrO2. The Balaban J connectivity index is 2.20. The van der Waals surface area contributed by atoms with E-state index < -0.39 is 0 Å². The van der Waals surface area contributed by atoms with E-state index in [0.29, 0.717) is 18.6 Å². The molecule has 0 radical (unpaired) electrons. The Hall–Kier alpha value is -1.61. The number of carbonyl (C=O) groups is 1. The van der Waals surface area contributed by atoms with Crippen molar-refractivity contribution in [1.82, 2.24) is 0 Å². The molecule has 2 aromatic carbocycles. The minimum absolute atomic E-state index is 0.118. The summed E-state index contributed by atoms with van der Waals surface area (Å²) in [5.41, 5.74) is 4.12. The number of ketones is 1. The predicted molar refractivity (Wildman–Crippen MR) is 89.3 cm³/mol. The van der Waals surface area contributed by atoms with Gasteiger partial charge >= 0.3 is 0 Å². The first-order valence-corrected chi connectivity index (χ1v) is 7.82. The first-order valence-electron chi connectivity index (χ1n) is 7.03. The highest BCUT2D eigenvalue weighted by Gasteiger charge is 2.11. The van der Waals surface area contributed by atoms with E-state index in [2.05, 4.69) is 34.1 Å². The Morgan fingerprint density at radius 3 is 2.57 bits per heavy atom. The summed E-state index contributed by atoms with van der Waals surface area (Å²) in [6, 6.07) is 11.7. The van der Waals surface area contributed by atoms with Gasteiger partial charge in [-0.2, -0.15) is 0 Å². The van der Waals surface area contributed by atoms with Crippen molar-refractivity contribution < 1.29 is 9.53 Å². The van der Waals surface area contributed by atoms with Crippen LogP contribution in [-0.2, 0) is 6.42 Å². The Labute approximate surface area is 134 Å². The zero-order chi connectivity index (χ0) is 15.4. The summed E-state index contributed by atoms with van der Waals surface area (Å²) in [7, 11) is 0. The lowest BCUT2D eigenvalue weighted by atomic mass is 9.98. The molecular weight excluding hydrogens is 328 g/mol. The minimum atomic E-state index is 0.118. The van der Waals surface area contributed by atoms with Gasteiger partial charge in [-0.1, -0.05) is 23.8 Å². The Bertz CT molecular complexity index is 662. The van der Waals surface area contributed by atoms with Crippen molar-refractivity contribution in [2.24, 2.45) is 0 Å². The maximum atomic E-state index is 12.4. The summed E-state index contributed by atoms with van der Waals surface area (Å²) < 4.78 is 6.28. The van der Waals surface area contributed by atoms with Gasteiger partial charge in [-0.05, 0) is 66.0 Å². The molecule has 2 rings (SSSR count). The average molecular weight is 347 g/mol. The van der Waals surface area contributed by atoms with Crippen LogP contribution in [0.1, 0.15) is 34.0 Å². The Morgan fingerprint density at radius 2 is 1.90 bits per heavy atom. The molecule has 3 heteroatoms. The minimum Gasteiger partial charge on any atom is -0.493 e. The smallest absolute Gasteiger partial charge is 0.167 e. The van der Waals surface area contributed by atoms with Crippen LogP contribution in [0, 0.1) is 13.8 Å². The summed E-state index contributed by atoms with van der Waals surface area (Å²) in [4.78, 5) is 12.4. The van der Waals surface area contributed by atoms with Crippen LogP contribution in [0.15, 0.2) is 40.9 Å². The van der Waals surface area contributed by atoms with Crippen molar-refractivity contribution in [2.45, 2.75) is 27.2 Å². The molecule has 0 saturated heterocycles. The zero-order valence-electron chi connectivity index (χ0n) is 12.6. The fourth-order valence-corrected chi connectivity index (χ4v) is 2.71. The van der Waals surface area contributed by atoms with Crippen LogP contribution in [0.5, 0.6) is 5.75 Å². The second-order valence-corrected chi connectivity index (χ2v) is 5.96. The van der Waals surface area contributed by atoms with E-state index in [1.165, 1.54) is 5.56 Å². The SMILES string of the molecule is CCOc1ccc(C(=O)Cc2cc(C)ccc2C)cc1Br. The van der Waals surface area contributed by atoms with Gasteiger partial charge in [-0.15, -0.1) is 0 Å². The standard InChI is InChI=1S/C18H19BrO2/c1-4-21-18-8-7-14(10-16(18)19)17(20)11-15-9-12(2)5-6-13(15)3/h5-10H,4,11H2,1-3H3. The number of halogens is 1. The van der Waals surface area contributed by atoms with Gasteiger partial charge in [0, 0.05) is 12.0 Å². The molecule has 110 valence electrons. The molecule has 0 atom stereocenters. The molecule has 0 spiro atoms. The van der Waals surface area contributed by atoms with Gasteiger partial charge < -0.3 is 4.74 Å². The molecule has 21 heavy (non-hydrogen) atoms. The van der Waals surface area contributed by atoms with Gasteiger partial charge in [0.25, 0.3) is 0 Å². The van der Waals surface area contributed by atoms with E-state index >= 15 is 0 Å². The van der Waals surface area contributed by atoms with Crippen LogP contribution in [0.3, 0.4) is 0 Å². The van der Waals surface area contributed by atoms with Gasteiger partial charge in [0.05, 0.1) is 11.1 Å². The molecule has 0 fully saturated rings. The Kier molecular flexibility index (Phi) is 5.18. The van der Waals surface area contributed by atoms with Gasteiger partial charge in [0.2, 0.25) is 0 Å². The molecule has 0 aliphatic heterocycles. The highest BCUT2D eigenvalue weighted by Crippen LogP contribution is 2.26. The van der Waals surface area contributed by atoms with Gasteiger partial charge in [0.1, 0.15) is 5.75 Å². The molecule has 2 aromatic rings. The van der Waals surface area contributed by atoms with Crippen molar-refractivity contribution in [1.29, 1.82) is 0 Å². The largest absolute Gasteiger partial charge is 0.493 e. The van der Waals surface area contributed by atoms with Crippen LogP contribution in [-0.4, -0.2) is 12.4 Å². The van der Waals surface area contributed by atoms with Gasteiger partial charge in [-0.25, -0.2) is 0 Å². The number of ether oxygens (including phenoxy) is 1.